The molecule has 1 N–H and O–H groups in total. The van der Waals surface area contributed by atoms with E-state index in [4.69, 9.17) is 0 Å². The van der Waals surface area contributed by atoms with Gasteiger partial charge in [-0.3, -0.25) is 0 Å². The number of aliphatic hydroxyl groups is 1. The number of allylic oxidation sites excluding steroid dienone is 1. The van der Waals surface area contributed by atoms with E-state index in [1.807, 2.05) is 13.0 Å². The van der Waals surface area contributed by atoms with Crippen molar-refractivity contribution in [2.45, 2.75) is 59.8 Å². The molecule has 0 spiro atoms. The Labute approximate surface area is 130 Å². The van der Waals surface area contributed by atoms with Gasteiger partial charge in [0.05, 0.1) is 25.6 Å². The van der Waals surface area contributed by atoms with Crippen LogP contribution < -0.4 is 5.11 Å². The molecule has 0 aromatic carbocycles. The van der Waals surface area contributed by atoms with Crippen molar-refractivity contribution in [3.8, 4) is 0 Å². The molecule has 0 rings (SSSR count). The third-order valence-electron chi connectivity index (χ3n) is 4.46. The van der Waals surface area contributed by atoms with Gasteiger partial charge in [-0.15, -0.1) is 0 Å². The normalized spacial score (nSPS) is 14.2. The minimum absolute atomic E-state index is 0.392. The molecule has 1 atom stereocenters. The number of carboxylic acids is 1. The molecule has 0 aliphatic rings. The number of rotatable bonds is 12. The molecule has 0 amide bonds. The Balaban J connectivity index is 4.74. The predicted octanol–water partition coefficient (Wildman–Crippen LogP) is 2.64. The standard InChI is InChI=1S/C17H33NO3/c1-5-9-10-11-12-16(19)14-18(7-3,8-4)13-15(6-2)17(20)21/h12,15H,5-11,13-14H2,1-4H3,(H-,19,20,21)/b16-12-. The van der Waals surface area contributed by atoms with E-state index in [9.17, 15) is 15.0 Å². The zero-order valence-electron chi connectivity index (χ0n) is 14.2. The summed E-state index contributed by atoms with van der Waals surface area (Å²) in [6.07, 6.45) is 6.80. The number of hydrogen-bond acceptors (Lipinski definition) is 3. The van der Waals surface area contributed by atoms with Gasteiger partial charge in [0, 0.05) is 5.92 Å². The Hall–Kier alpha value is -1.03. The van der Waals surface area contributed by atoms with Crippen LogP contribution in [-0.2, 0) is 4.79 Å². The number of carbonyl (C=O) groups is 1. The van der Waals surface area contributed by atoms with Crippen LogP contribution in [0, 0.1) is 5.92 Å². The van der Waals surface area contributed by atoms with Crippen LogP contribution in [0.1, 0.15) is 59.8 Å². The molecule has 4 heteroatoms. The van der Waals surface area contributed by atoms with Crippen LogP contribution in [0.2, 0.25) is 0 Å². The van der Waals surface area contributed by atoms with Gasteiger partial charge in [0.15, 0.2) is 0 Å². The van der Waals surface area contributed by atoms with Gasteiger partial charge in [0.2, 0.25) is 0 Å². The molecule has 0 aliphatic heterocycles. The Bertz CT molecular complexity index is 322. The van der Waals surface area contributed by atoms with Crippen LogP contribution in [0.15, 0.2) is 11.8 Å². The van der Waals surface area contributed by atoms with Gasteiger partial charge in [0.25, 0.3) is 0 Å². The van der Waals surface area contributed by atoms with Gasteiger partial charge < -0.3 is 19.5 Å². The summed E-state index contributed by atoms with van der Waals surface area (Å²) in [7, 11) is 0. The zero-order valence-corrected chi connectivity index (χ0v) is 14.2. The first-order valence-electron chi connectivity index (χ1n) is 8.38. The van der Waals surface area contributed by atoms with Crippen molar-refractivity contribution in [2.75, 3.05) is 26.2 Å². The number of aliphatic hydroxyl groups excluding tert-OH is 1. The van der Waals surface area contributed by atoms with E-state index >= 15 is 0 Å². The monoisotopic (exact) mass is 299 g/mol. The minimum Gasteiger partial charge on any atom is -0.550 e. The third-order valence-corrected chi connectivity index (χ3v) is 4.46. The smallest absolute Gasteiger partial charge is 0.143 e. The average molecular weight is 299 g/mol. The van der Waals surface area contributed by atoms with Gasteiger partial charge in [-0.2, -0.15) is 0 Å². The highest BCUT2D eigenvalue weighted by molar-refractivity contribution is 5.67. The maximum atomic E-state index is 11.2. The van der Waals surface area contributed by atoms with Crippen molar-refractivity contribution in [3.05, 3.63) is 11.8 Å². The molecule has 0 bridgehead atoms. The van der Waals surface area contributed by atoms with Crippen molar-refractivity contribution < 1.29 is 19.5 Å². The Morgan fingerprint density at radius 1 is 1.19 bits per heavy atom. The van der Waals surface area contributed by atoms with E-state index in [1.54, 1.807) is 0 Å². The summed E-state index contributed by atoms with van der Waals surface area (Å²) in [6.45, 7) is 10.8. The number of likely N-dealkylation sites (N-methyl/N-ethyl adjacent to an activating group) is 1. The SMILES string of the molecule is CCCCC/C=C(\O)C[N+](CC)(CC)CC(CC)C(=O)[O-]. The Kier molecular flexibility index (Phi) is 10.1. The van der Waals surface area contributed by atoms with E-state index in [0.717, 1.165) is 25.9 Å². The van der Waals surface area contributed by atoms with Crippen LogP contribution in [0.25, 0.3) is 0 Å². The first kappa shape index (κ1) is 20.0. The highest BCUT2D eigenvalue weighted by atomic mass is 16.4. The lowest BCUT2D eigenvalue weighted by Crippen LogP contribution is -2.54. The van der Waals surface area contributed by atoms with Crippen LogP contribution in [0.4, 0.5) is 0 Å². The molecule has 0 radical (unpaired) electrons. The fraction of sp³-hybridized carbons (Fsp3) is 0.824. The summed E-state index contributed by atoms with van der Waals surface area (Å²) in [4.78, 5) is 11.2. The van der Waals surface area contributed by atoms with E-state index in [1.165, 1.54) is 12.8 Å². The second kappa shape index (κ2) is 10.7. The van der Waals surface area contributed by atoms with Crippen molar-refractivity contribution in [2.24, 2.45) is 5.92 Å². The quantitative estimate of drug-likeness (QED) is 0.342. The topological polar surface area (TPSA) is 60.4 Å². The maximum absolute atomic E-state index is 11.2. The molecular formula is C17H33NO3. The van der Waals surface area contributed by atoms with Crippen molar-refractivity contribution in [1.29, 1.82) is 0 Å². The summed E-state index contributed by atoms with van der Waals surface area (Å²) in [5, 5.41) is 21.3. The van der Waals surface area contributed by atoms with E-state index in [2.05, 4.69) is 20.8 Å². The molecule has 0 aromatic rings. The zero-order chi connectivity index (χ0) is 16.3. The molecule has 4 nitrogen and oxygen atoms in total. The highest BCUT2D eigenvalue weighted by Gasteiger charge is 2.28. The summed E-state index contributed by atoms with van der Waals surface area (Å²) in [6, 6.07) is 0. The van der Waals surface area contributed by atoms with Gasteiger partial charge >= 0.3 is 0 Å². The lowest BCUT2D eigenvalue weighted by molar-refractivity contribution is -0.924. The van der Waals surface area contributed by atoms with Crippen LogP contribution >= 0.6 is 0 Å². The summed E-state index contributed by atoms with van der Waals surface area (Å²) < 4.78 is 0.600. The number of carbonyl (C=O) groups excluding carboxylic acids is 1. The molecule has 0 heterocycles. The number of unbranched alkanes of at least 4 members (excludes halogenated alkanes) is 3. The molecule has 0 saturated carbocycles. The highest BCUT2D eigenvalue weighted by Crippen LogP contribution is 2.17. The number of aliphatic carboxylic acids is 1. The fourth-order valence-electron chi connectivity index (χ4n) is 2.68. The van der Waals surface area contributed by atoms with Gasteiger partial charge in [-0.05, 0) is 39.2 Å². The summed E-state index contributed by atoms with van der Waals surface area (Å²) in [5.74, 6) is -1.03. The number of hydrogen-bond donors (Lipinski definition) is 1. The molecule has 1 unspecified atom stereocenters. The molecule has 0 aromatic heterocycles. The predicted molar refractivity (Wildman–Crippen MR) is 84.7 cm³/mol. The number of carboxylic acid groups (broad SMARTS) is 1. The summed E-state index contributed by atoms with van der Waals surface area (Å²) in [5.41, 5.74) is 0. The molecule has 0 aliphatic carbocycles. The minimum atomic E-state index is -0.978. The van der Waals surface area contributed by atoms with Crippen molar-refractivity contribution in [1.82, 2.24) is 0 Å². The second-order valence-electron chi connectivity index (χ2n) is 5.93. The molecular weight excluding hydrogens is 266 g/mol. The first-order chi connectivity index (χ1) is 9.94. The summed E-state index contributed by atoms with van der Waals surface area (Å²) >= 11 is 0. The van der Waals surface area contributed by atoms with Gasteiger partial charge in [0.1, 0.15) is 12.3 Å². The first-order valence-corrected chi connectivity index (χ1v) is 8.38. The molecule has 21 heavy (non-hydrogen) atoms. The van der Waals surface area contributed by atoms with E-state index < -0.39 is 11.9 Å². The Morgan fingerprint density at radius 2 is 1.81 bits per heavy atom. The molecule has 0 saturated heterocycles. The second-order valence-corrected chi connectivity index (χ2v) is 5.93. The maximum Gasteiger partial charge on any atom is 0.143 e. The van der Waals surface area contributed by atoms with E-state index in [0.29, 0.717) is 29.8 Å². The van der Waals surface area contributed by atoms with Crippen molar-refractivity contribution in [3.63, 3.8) is 0 Å². The number of nitrogens with zero attached hydrogens (tertiary/aromatic N) is 1. The Morgan fingerprint density at radius 3 is 2.24 bits per heavy atom. The number of quaternary nitrogens is 1. The third kappa shape index (κ3) is 7.51. The van der Waals surface area contributed by atoms with Crippen LogP contribution in [0.5, 0.6) is 0 Å². The molecule has 0 fully saturated rings. The lowest BCUT2D eigenvalue weighted by atomic mass is 10.0. The van der Waals surface area contributed by atoms with Crippen molar-refractivity contribution >= 4 is 5.97 Å². The van der Waals surface area contributed by atoms with Gasteiger partial charge in [-0.1, -0.05) is 26.7 Å². The lowest BCUT2D eigenvalue weighted by Gasteiger charge is -2.39. The molecule has 124 valence electrons. The van der Waals surface area contributed by atoms with Gasteiger partial charge in [-0.25, -0.2) is 0 Å². The fourth-order valence-corrected chi connectivity index (χ4v) is 2.68. The van der Waals surface area contributed by atoms with Crippen LogP contribution in [-0.4, -0.2) is 41.7 Å². The largest absolute Gasteiger partial charge is 0.550 e. The van der Waals surface area contributed by atoms with E-state index in [-0.39, 0.29) is 0 Å². The van der Waals surface area contributed by atoms with Crippen LogP contribution in [0.3, 0.4) is 0 Å². The average Bonchev–Trinajstić information content (AvgIpc) is 2.47.